The topological polar surface area (TPSA) is 76.2 Å². The van der Waals surface area contributed by atoms with E-state index in [-0.39, 0.29) is 11.9 Å². The minimum atomic E-state index is -0.518. The van der Waals surface area contributed by atoms with Gasteiger partial charge in [0.2, 0.25) is 0 Å². The summed E-state index contributed by atoms with van der Waals surface area (Å²) >= 11 is 0. The fraction of sp³-hybridized carbons (Fsp3) is 0.500. The fourth-order valence-electron chi connectivity index (χ4n) is 3.31. The first-order chi connectivity index (χ1) is 12.0. The first-order valence-corrected chi connectivity index (χ1v) is 8.48. The molecule has 1 fully saturated rings. The van der Waals surface area contributed by atoms with Gasteiger partial charge in [-0.2, -0.15) is 0 Å². The van der Waals surface area contributed by atoms with Crippen LogP contribution in [0.4, 0.5) is 5.69 Å². The number of carbonyl (C=O) groups is 3. The Bertz CT molecular complexity index is 695. The number of carbonyl (C=O) groups excluding carboxylic acids is 3. The molecule has 0 radical (unpaired) electrons. The van der Waals surface area contributed by atoms with Gasteiger partial charge in [0, 0.05) is 19.2 Å². The quantitative estimate of drug-likeness (QED) is 0.593. The number of ether oxygens (including phenoxy) is 2. The lowest BCUT2D eigenvalue weighted by Gasteiger charge is -2.33. The molecule has 1 aromatic carbocycles. The van der Waals surface area contributed by atoms with Gasteiger partial charge in [0.1, 0.15) is 5.75 Å². The lowest BCUT2D eigenvalue weighted by Crippen LogP contribution is -2.45. The van der Waals surface area contributed by atoms with Crippen LogP contribution in [0.3, 0.4) is 0 Å². The predicted molar refractivity (Wildman–Crippen MR) is 90.6 cm³/mol. The Labute approximate surface area is 146 Å². The van der Waals surface area contributed by atoms with Crippen LogP contribution in [0.15, 0.2) is 18.2 Å². The molecule has 2 heterocycles. The van der Waals surface area contributed by atoms with E-state index in [9.17, 15) is 14.4 Å². The molecule has 0 N–H and O–H groups in total. The zero-order valence-electron chi connectivity index (χ0n) is 14.5. The third kappa shape index (κ3) is 3.37. The summed E-state index contributed by atoms with van der Waals surface area (Å²) < 4.78 is 10.3. The van der Waals surface area contributed by atoms with Crippen molar-refractivity contribution in [2.45, 2.75) is 19.8 Å². The molecular formula is C18H22N2O5. The van der Waals surface area contributed by atoms with Gasteiger partial charge in [-0.05, 0) is 31.9 Å². The number of Topliss-reactive ketones (excluding diaryl/α,β-unsaturated/α-hetero) is 1. The largest absolute Gasteiger partial charge is 0.497 e. The Morgan fingerprint density at radius 1 is 1.24 bits per heavy atom. The monoisotopic (exact) mass is 346 g/mol. The number of rotatable bonds is 5. The number of anilines is 1. The molecule has 25 heavy (non-hydrogen) atoms. The number of piperidine rings is 1. The molecule has 2 aliphatic rings. The van der Waals surface area contributed by atoms with Gasteiger partial charge < -0.3 is 9.47 Å². The summed E-state index contributed by atoms with van der Waals surface area (Å²) in [5.74, 6) is -0.633. The van der Waals surface area contributed by atoms with Crippen molar-refractivity contribution < 1.29 is 23.9 Å². The molecule has 0 aromatic heterocycles. The van der Waals surface area contributed by atoms with Gasteiger partial charge in [-0.1, -0.05) is 0 Å². The van der Waals surface area contributed by atoms with Crippen molar-refractivity contribution >= 4 is 23.3 Å². The molecule has 2 aliphatic heterocycles. The number of amides is 1. The van der Waals surface area contributed by atoms with Crippen LogP contribution >= 0.6 is 0 Å². The number of nitrogens with zero attached hydrogens (tertiary/aromatic N) is 2. The summed E-state index contributed by atoms with van der Waals surface area (Å²) in [5.41, 5.74) is 0.995. The molecular weight excluding hydrogens is 324 g/mol. The van der Waals surface area contributed by atoms with E-state index in [0.29, 0.717) is 56.2 Å². The molecule has 0 atom stereocenters. The van der Waals surface area contributed by atoms with E-state index < -0.39 is 11.7 Å². The standard InChI is InChI=1S/C18H22N2O5/c1-3-25-18(23)12-6-8-19(9-7-12)11-20-15-10-13(24-2)4-5-14(15)16(21)17(20)22/h4-5,10,12H,3,6-9,11H2,1-2H3. The van der Waals surface area contributed by atoms with Crippen molar-refractivity contribution in [3.05, 3.63) is 23.8 Å². The van der Waals surface area contributed by atoms with Crippen LogP contribution in [0.1, 0.15) is 30.1 Å². The minimum absolute atomic E-state index is 0.0838. The fourth-order valence-corrected chi connectivity index (χ4v) is 3.31. The number of fused-ring (bicyclic) bond motifs is 1. The van der Waals surface area contributed by atoms with Gasteiger partial charge in [0.15, 0.2) is 0 Å². The van der Waals surface area contributed by atoms with Crippen LogP contribution in [-0.4, -0.2) is 56.0 Å². The van der Waals surface area contributed by atoms with E-state index in [0.717, 1.165) is 0 Å². The Hall–Kier alpha value is -2.41. The second-order valence-electron chi connectivity index (χ2n) is 6.23. The Morgan fingerprint density at radius 2 is 1.96 bits per heavy atom. The van der Waals surface area contributed by atoms with Gasteiger partial charge in [-0.15, -0.1) is 0 Å². The number of ketones is 1. The molecule has 1 aromatic rings. The van der Waals surface area contributed by atoms with E-state index in [4.69, 9.17) is 9.47 Å². The predicted octanol–water partition coefficient (Wildman–Crippen LogP) is 1.46. The first kappa shape index (κ1) is 17.4. The van der Waals surface area contributed by atoms with Gasteiger partial charge in [0.25, 0.3) is 5.78 Å². The number of hydrogen-bond donors (Lipinski definition) is 0. The van der Waals surface area contributed by atoms with Crippen LogP contribution < -0.4 is 9.64 Å². The highest BCUT2D eigenvalue weighted by molar-refractivity contribution is 6.52. The normalized spacial score (nSPS) is 18.4. The second kappa shape index (κ2) is 7.23. The van der Waals surface area contributed by atoms with Crippen LogP contribution in [0, 0.1) is 5.92 Å². The average Bonchev–Trinajstić information content (AvgIpc) is 2.87. The number of methoxy groups -OCH3 is 1. The van der Waals surface area contributed by atoms with E-state index in [1.54, 1.807) is 32.2 Å². The third-order valence-corrected chi connectivity index (χ3v) is 4.73. The molecule has 3 rings (SSSR count). The molecule has 134 valence electrons. The maximum atomic E-state index is 12.3. The molecule has 1 amide bonds. The Morgan fingerprint density at radius 3 is 2.60 bits per heavy atom. The number of likely N-dealkylation sites (tertiary alicyclic amines) is 1. The highest BCUT2D eigenvalue weighted by Crippen LogP contribution is 2.33. The summed E-state index contributed by atoms with van der Waals surface area (Å²) in [7, 11) is 1.55. The summed E-state index contributed by atoms with van der Waals surface area (Å²) in [5, 5.41) is 0. The average molecular weight is 346 g/mol. The zero-order chi connectivity index (χ0) is 18.0. The molecule has 0 aliphatic carbocycles. The Balaban J connectivity index is 1.67. The first-order valence-electron chi connectivity index (χ1n) is 8.48. The van der Waals surface area contributed by atoms with Crippen molar-refractivity contribution in [2.24, 2.45) is 5.92 Å². The summed E-state index contributed by atoms with van der Waals surface area (Å²) in [6.07, 6.45) is 1.39. The number of benzene rings is 1. The SMILES string of the molecule is CCOC(=O)C1CCN(CN2C(=O)C(=O)c3ccc(OC)cc32)CC1. The smallest absolute Gasteiger partial charge is 0.309 e. The highest BCUT2D eigenvalue weighted by atomic mass is 16.5. The van der Waals surface area contributed by atoms with Crippen molar-refractivity contribution in [3.8, 4) is 5.75 Å². The van der Waals surface area contributed by atoms with Crippen molar-refractivity contribution in [1.82, 2.24) is 4.90 Å². The maximum Gasteiger partial charge on any atom is 0.309 e. The van der Waals surface area contributed by atoms with E-state index >= 15 is 0 Å². The molecule has 7 heteroatoms. The molecule has 1 saturated heterocycles. The molecule has 7 nitrogen and oxygen atoms in total. The van der Waals surface area contributed by atoms with E-state index in [2.05, 4.69) is 4.90 Å². The molecule has 0 saturated carbocycles. The number of hydrogen-bond acceptors (Lipinski definition) is 6. The maximum absolute atomic E-state index is 12.3. The Kier molecular flexibility index (Phi) is 5.03. The van der Waals surface area contributed by atoms with Crippen molar-refractivity contribution in [3.63, 3.8) is 0 Å². The van der Waals surface area contributed by atoms with Crippen LogP contribution in [0.5, 0.6) is 5.75 Å². The lowest BCUT2D eigenvalue weighted by atomic mass is 9.97. The van der Waals surface area contributed by atoms with Crippen LogP contribution in [0.2, 0.25) is 0 Å². The molecule has 0 unspecified atom stereocenters. The lowest BCUT2D eigenvalue weighted by molar-refractivity contribution is -0.149. The second-order valence-corrected chi connectivity index (χ2v) is 6.23. The van der Waals surface area contributed by atoms with Gasteiger partial charge in [-0.3, -0.25) is 24.2 Å². The minimum Gasteiger partial charge on any atom is -0.497 e. The van der Waals surface area contributed by atoms with Crippen LogP contribution in [-0.2, 0) is 14.3 Å². The molecule has 0 bridgehead atoms. The summed E-state index contributed by atoms with van der Waals surface area (Å²) in [6.45, 7) is 3.89. The van der Waals surface area contributed by atoms with Gasteiger partial charge >= 0.3 is 11.9 Å². The summed E-state index contributed by atoms with van der Waals surface area (Å²) in [4.78, 5) is 39.9. The van der Waals surface area contributed by atoms with Gasteiger partial charge in [0.05, 0.1) is 37.6 Å². The van der Waals surface area contributed by atoms with E-state index in [1.165, 1.54) is 4.90 Å². The highest BCUT2D eigenvalue weighted by Gasteiger charge is 2.37. The van der Waals surface area contributed by atoms with Gasteiger partial charge in [-0.25, -0.2) is 0 Å². The number of esters is 1. The third-order valence-electron chi connectivity index (χ3n) is 4.73. The molecule has 0 spiro atoms. The van der Waals surface area contributed by atoms with E-state index in [1.807, 2.05) is 0 Å². The van der Waals surface area contributed by atoms with Crippen molar-refractivity contribution in [1.29, 1.82) is 0 Å². The van der Waals surface area contributed by atoms with Crippen molar-refractivity contribution in [2.75, 3.05) is 38.4 Å². The van der Waals surface area contributed by atoms with Crippen LogP contribution in [0.25, 0.3) is 0 Å². The summed E-state index contributed by atoms with van der Waals surface area (Å²) in [6, 6.07) is 5.02. The zero-order valence-corrected chi connectivity index (χ0v) is 14.5.